The van der Waals surface area contributed by atoms with Gasteiger partial charge in [-0.2, -0.15) is 0 Å². The standard InChI is InChI=1S/C30H39N5O4/c1-28(2,3)21-14-10-12-19(16-21)23-18-31-24-20(13-11-15-22(24)33-23)17-32-25(34-26(36)38-29(4,5)6)35-27(37)39-30(7,8)9/h10-16,18H,17H2,1-9H3,(H2,32,34,35,36,37). The van der Waals surface area contributed by atoms with Crippen molar-refractivity contribution in [2.45, 2.75) is 85.5 Å². The first kappa shape index (κ1) is 29.5. The predicted octanol–water partition coefficient (Wildman–Crippen LogP) is 6.50. The molecule has 0 atom stereocenters. The van der Waals surface area contributed by atoms with Crippen molar-refractivity contribution in [3.63, 3.8) is 0 Å². The van der Waals surface area contributed by atoms with Crippen molar-refractivity contribution >= 4 is 29.2 Å². The molecule has 0 bridgehead atoms. The Kier molecular flexibility index (Phi) is 8.63. The third-order valence-electron chi connectivity index (χ3n) is 5.33. The number of fused-ring (bicyclic) bond motifs is 1. The first-order chi connectivity index (χ1) is 18.0. The number of aliphatic imine (C=N–C) groups is 1. The maximum atomic E-state index is 12.4. The quantitative estimate of drug-likeness (QED) is 0.293. The van der Waals surface area contributed by atoms with Gasteiger partial charge in [0, 0.05) is 11.1 Å². The monoisotopic (exact) mass is 533 g/mol. The fourth-order valence-electron chi connectivity index (χ4n) is 3.59. The van der Waals surface area contributed by atoms with Gasteiger partial charge in [-0.15, -0.1) is 0 Å². The lowest BCUT2D eigenvalue weighted by Crippen LogP contribution is -2.47. The lowest BCUT2D eigenvalue weighted by molar-refractivity contribution is 0.0545. The Bertz CT molecular complexity index is 1350. The smallest absolute Gasteiger partial charge is 0.414 e. The molecule has 0 saturated carbocycles. The molecule has 0 spiro atoms. The van der Waals surface area contributed by atoms with Crippen LogP contribution in [0.25, 0.3) is 22.3 Å². The number of amides is 2. The Labute approximate surface area is 230 Å². The van der Waals surface area contributed by atoms with Crippen LogP contribution in [0.1, 0.15) is 73.4 Å². The Morgan fingerprint density at radius 3 is 2.00 bits per heavy atom. The molecule has 9 nitrogen and oxygen atoms in total. The van der Waals surface area contributed by atoms with E-state index in [-0.39, 0.29) is 17.9 Å². The maximum Gasteiger partial charge on any atom is 0.414 e. The summed E-state index contributed by atoms with van der Waals surface area (Å²) in [6, 6.07) is 14.0. The average molecular weight is 534 g/mol. The van der Waals surface area contributed by atoms with Gasteiger partial charge in [0.2, 0.25) is 5.96 Å². The van der Waals surface area contributed by atoms with E-state index in [1.54, 1.807) is 47.7 Å². The number of para-hydroxylation sites is 1. The minimum Gasteiger partial charge on any atom is -0.444 e. The minimum atomic E-state index is -0.753. The van der Waals surface area contributed by atoms with E-state index in [0.29, 0.717) is 11.0 Å². The number of aromatic nitrogens is 2. The summed E-state index contributed by atoms with van der Waals surface area (Å²) in [4.78, 5) is 38.7. The zero-order valence-corrected chi connectivity index (χ0v) is 24.3. The zero-order chi connectivity index (χ0) is 29.0. The van der Waals surface area contributed by atoms with Crippen LogP contribution in [0.2, 0.25) is 0 Å². The number of carbonyl (C=O) groups excluding carboxylic acids is 2. The highest BCUT2D eigenvalue weighted by Gasteiger charge is 2.21. The molecule has 1 heterocycles. The highest BCUT2D eigenvalue weighted by atomic mass is 16.6. The normalized spacial score (nSPS) is 12.0. The van der Waals surface area contributed by atoms with Gasteiger partial charge in [0.25, 0.3) is 0 Å². The Balaban J connectivity index is 1.89. The van der Waals surface area contributed by atoms with Gasteiger partial charge < -0.3 is 9.47 Å². The second-order valence-electron chi connectivity index (χ2n) is 12.3. The van der Waals surface area contributed by atoms with E-state index in [9.17, 15) is 9.59 Å². The van der Waals surface area contributed by atoms with E-state index < -0.39 is 23.4 Å². The summed E-state index contributed by atoms with van der Waals surface area (Å²) in [5.41, 5.74) is 3.70. The number of carbonyl (C=O) groups is 2. The fraction of sp³-hybridized carbons (Fsp3) is 0.433. The fourth-order valence-corrected chi connectivity index (χ4v) is 3.59. The van der Waals surface area contributed by atoms with Crippen LogP contribution in [0.5, 0.6) is 0 Å². The van der Waals surface area contributed by atoms with Crippen LogP contribution in [0.3, 0.4) is 0 Å². The number of ether oxygens (including phenoxy) is 2. The van der Waals surface area contributed by atoms with Crippen LogP contribution in [-0.4, -0.2) is 39.3 Å². The highest BCUT2D eigenvalue weighted by molar-refractivity contribution is 6.01. The number of hydrogen-bond donors (Lipinski definition) is 2. The van der Waals surface area contributed by atoms with E-state index in [1.165, 1.54) is 5.56 Å². The van der Waals surface area contributed by atoms with E-state index in [0.717, 1.165) is 16.8 Å². The first-order valence-electron chi connectivity index (χ1n) is 12.9. The van der Waals surface area contributed by atoms with Crippen LogP contribution in [0, 0.1) is 0 Å². The molecule has 3 aromatic rings. The third-order valence-corrected chi connectivity index (χ3v) is 5.33. The molecule has 9 heteroatoms. The number of alkyl carbamates (subject to hydrolysis) is 2. The zero-order valence-electron chi connectivity index (χ0n) is 24.3. The molecule has 0 unspecified atom stereocenters. The lowest BCUT2D eigenvalue weighted by atomic mass is 9.86. The summed E-state index contributed by atoms with van der Waals surface area (Å²) < 4.78 is 10.6. The van der Waals surface area contributed by atoms with Gasteiger partial charge in [-0.1, -0.05) is 51.1 Å². The highest BCUT2D eigenvalue weighted by Crippen LogP contribution is 2.27. The van der Waals surface area contributed by atoms with Gasteiger partial charge >= 0.3 is 12.2 Å². The number of nitrogens with one attached hydrogen (secondary N) is 2. The lowest BCUT2D eigenvalue weighted by Gasteiger charge is -2.22. The van der Waals surface area contributed by atoms with E-state index >= 15 is 0 Å². The molecule has 0 aliphatic heterocycles. The van der Waals surface area contributed by atoms with Crippen LogP contribution >= 0.6 is 0 Å². The Morgan fingerprint density at radius 1 is 0.846 bits per heavy atom. The Hall–Kier alpha value is -4.01. The maximum absolute atomic E-state index is 12.4. The van der Waals surface area contributed by atoms with Crippen molar-refractivity contribution in [3.8, 4) is 11.3 Å². The summed E-state index contributed by atoms with van der Waals surface area (Å²) in [6.07, 6.45) is 0.241. The molecule has 3 rings (SSSR count). The van der Waals surface area contributed by atoms with Crippen molar-refractivity contribution in [2.24, 2.45) is 4.99 Å². The average Bonchev–Trinajstić information content (AvgIpc) is 2.79. The molecule has 0 fully saturated rings. The van der Waals surface area contributed by atoms with Crippen LogP contribution in [-0.2, 0) is 21.4 Å². The topological polar surface area (TPSA) is 115 Å². The molecule has 2 amide bonds. The largest absolute Gasteiger partial charge is 0.444 e. The SMILES string of the molecule is CC(C)(C)OC(=O)NC(=NCc1cccc2nc(-c3cccc(C(C)(C)C)c3)cnc12)NC(=O)OC(C)(C)C. The molecule has 0 aliphatic carbocycles. The first-order valence-corrected chi connectivity index (χ1v) is 12.9. The number of benzene rings is 2. The number of rotatable bonds is 3. The number of hydrogen-bond acceptors (Lipinski definition) is 7. The number of guanidine groups is 1. The second-order valence-corrected chi connectivity index (χ2v) is 12.3. The molecular formula is C30H39N5O4. The van der Waals surface area contributed by atoms with Crippen LogP contribution in [0.15, 0.2) is 53.7 Å². The van der Waals surface area contributed by atoms with Gasteiger partial charge in [0.1, 0.15) is 11.2 Å². The molecule has 1 aromatic heterocycles. The van der Waals surface area contributed by atoms with Crippen molar-refractivity contribution in [3.05, 3.63) is 59.8 Å². The van der Waals surface area contributed by atoms with Crippen LogP contribution < -0.4 is 10.6 Å². The molecule has 2 N–H and O–H groups in total. The minimum absolute atomic E-state index is 0.0177. The predicted molar refractivity (Wildman–Crippen MR) is 154 cm³/mol. The van der Waals surface area contributed by atoms with Crippen molar-refractivity contribution in [1.82, 2.24) is 20.6 Å². The Morgan fingerprint density at radius 2 is 1.44 bits per heavy atom. The van der Waals surface area contributed by atoms with Gasteiger partial charge in [0.05, 0.1) is 29.5 Å². The van der Waals surface area contributed by atoms with Crippen molar-refractivity contribution in [1.29, 1.82) is 0 Å². The molecule has 0 radical (unpaired) electrons. The van der Waals surface area contributed by atoms with Gasteiger partial charge in [-0.25, -0.2) is 19.6 Å². The molecule has 0 aliphatic rings. The van der Waals surface area contributed by atoms with Crippen molar-refractivity contribution in [2.75, 3.05) is 0 Å². The van der Waals surface area contributed by atoms with Gasteiger partial charge in [-0.05, 0) is 64.7 Å². The summed E-state index contributed by atoms with van der Waals surface area (Å²) in [5, 5.41) is 4.99. The summed E-state index contributed by atoms with van der Waals surface area (Å²) >= 11 is 0. The molecular weight excluding hydrogens is 494 g/mol. The third kappa shape index (κ3) is 9.05. The summed E-state index contributed by atoms with van der Waals surface area (Å²) in [5.74, 6) is -0.0981. The molecule has 0 saturated heterocycles. The van der Waals surface area contributed by atoms with Gasteiger partial charge in [0.15, 0.2) is 0 Å². The van der Waals surface area contributed by atoms with Crippen molar-refractivity contribution < 1.29 is 19.1 Å². The molecule has 2 aromatic carbocycles. The molecule has 208 valence electrons. The van der Waals surface area contributed by atoms with E-state index in [4.69, 9.17) is 19.4 Å². The van der Waals surface area contributed by atoms with Crippen LogP contribution in [0.4, 0.5) is 9.59 Å². The molecule has 39 heavy (non-hydrogen) atoms. The van der Waals surface area contributed by atoms with E-state index in [1.807, 2.05) is 30.3 Å². The second kappa shape index (κ2) is 11.4. The summed E-state index contributed by atoms with van der Waals surface area (Å²) in [7, 11) is 0. The number of nitrogens with zero attached hydrogens (tertiary/aromatic N) is 3. The van der Waals surface area contributed by atoms with E-state index in [2.05, 4.69) is 48.5 Å². The van der Waals surface area contributed by atoms with Gasteiger partial charge in [-0.3, -0.25) is 15.6 Å². The summed E-state index contributed by atoms with van der Waals surface area (Å²) in [6.45, 7) is 17.1.